The van der Waals surface area contributed by atoms with E-state index in [1.165, 1.54) is 30.5 Å². The summed E-state index contributed by atoms with van der Waals surface area (Å²) < 4.78 is 13.3. The SMILES string of the molecule is CC(C)CC1CCCN1C(=O)c1ccnc(C(=O)N[C@@H](Cc2ccccc2)[C@@H](N)C[C@@H](C)C(=O)Nc2ccc(F)cc2)c1. The summed E-state index contributed by atoms with van der Waals surface area (Å²) in [5.41, 5.74) is 8.68. The molecule has 0 saturated carbocycles. The zero-order valence-electron chi connectivity index (χ0n) is 25.1. The third kappa shape index (κ3) is 8.94. The Labute approximate surface area is 253 Å². The summed E-state index contributed by atoms with van der Waals surface area (Å²) in [5, 5.41) is 5.82. The highest BCUT2D eigenvalue weighted by atomic mass is 19.1. The molecule has 0 spiro atoms. The molecule has 2 aromatic carbocycles. The molecule has 8 nitrogen and oxygen atoms in total. The van der Waals surface area contributed by atoms with Crippen molar-refractivity contribution in [2.45, 2.75) is 71.0 Å². The monoisotopic (exact) mass is 587 g/mol. The number of hydrogen-bond acceptors (Lipinski definition) is 5. The molecular formula is C34H42FN5O3. The van der Waals surface area contributed by atoms with E-state index < -0.39 is 23.9 Å². The van der Waals surface area contributed by atoms with Crippen LogP contribution in [0.4, 0.5) is 10.1 Å². The largest absolute Gasteiger partial charge is 0.346 e. The number of carbonyl (C=O) groups is 3. The molecule has 1 aliphatic heterocycles. The van der Waals surface area contributed by atoms with Crippen LogP contribution in [0.25, 0.3) is 0 Å². The lowest BCUT2D eigenvalue weighted by atomic mass is 9.92. The minimum absolute atomic E-state index is 0.0851. The number of pyridine rings is 1. The fraction of sp³-hybridized carbons (Fsp3) is 0.412. The van der Waals surface area contributed by atoms with E-state index in [-0.39, 0.29) is 29.4 Å². The van der Waals surface area contributed by atoms with Crippen molar-refractivity contribution < 1.29 is 18.8 Å². The number of hydrogen-bond donors (Lipinski definition) is 3. The van der Waals surface area contributed by atoms with E-state index in [9.17, 15) is 18.8 Å². The second kappa shape index (κ2) is 14.9. The number of rotatable bonds is 12. The molecule has 1 fully saturated rings. The van der Waals surface area contributed by atoms with Crippen LogP contribution in [0.15, 0.2) is 72.9 Å². The number of halogens is 1. The Bertz CT molecular complexity index is 1380. The Balaban J connectivity index is 1.46. The lowest BCUT2D eigenvalue weighted by molar-refractivity contribution is -0.119. The second-order valence-corrected chi connectivity index (χ2v) is 11.9. The summed E-state index contributed by atoms with van der Waals surface area (Å²) in [4.78, 5) is 45.9. The third-order valence-corrected chi connectivity index (χ3v) is 7.94. The van der Waals surface area contributed by atoms with Crippen molar-refractivity contribution in [3.8, 4) is 0 Å². The fourth-order valence-electron chi connectivity index (χ4n) is 5.64. The van der Waals surface area contributed by atoms with Crippen molar-refractivity contribution in [1.29, 1.82) is 0 Å². The van der Waals surface area contributed by atoms with E-state index in [1.807, 2.05) is 35.2 Å². The number of likely N-dealkylation sites (tertiary alicyclic amines) is 1. The minimum Gasteiger partial charge on any atom is -0.346 e. The van der Waals surface area contributed by atoms with Gasteiger partial charge in [-0.2, -0.15) is 0 Å². The Kier molecular flexibility index (Phi) is 11.0. The summed E-state index contributed by atoms with van der Waals surface area (Å²) in [6.07, 6.45) is 5.14. The lowest BCUT2D eigenvalue weighted by Gasteiger charge is -2.27. The van der Waals surface area contributed by atoms with Gasteiger partial charge in [-0.3, -0.25) is 19.4 Å². The summed E-state index contributed by atoms with van der Waals surface area (Å²) in [6, 6.07) is 17.5. The Morgan fingerprint density at radius 2 is 1.77 bits per heavy atom. The van der Waals surface area contributed by atoms with Gasteiger partial charge in [0.2, 0.25) is 5.91 Å². The smallest absolute Gasteiger partial charge is 0.270 e. The second-order valence-electron chi connectivity index (χ2n) is 11.9. The predicted octanol–water partition coefficient (Wildman–Crippen LogP) is 5.20. The van der Waals surface area contributed by atoms with E-state index in [2.05, 4.69) is 29.5 Å². The zero-order chi connectivity index (χ0) is 30.9. The van der Waals surface area contributed by atoms with Gasteiger partial charge < -0.3 is 21.3 Å². The maximum atomic E-state index is 13.5. The summed E-state index contributed by atoms with van der Waals surface area (Å²) in [6.45, 7) is 6.79. The molecule has 9 heteroatoms. The Hall–Kier alpha value is -4.11. The van der Waals surface area contributed by atoms with Crippen molar-refractivity contribution in [3.63, 3.8) is 0 Å². The number of anilines is 1. The van der Waals surface area contributed by atoms with E-state index in [4.69, 9.17) is 5.73 Å². The number of nitrogens with one attached hydrogen (secondary N) is 2. The molecule has 43 heavy (non-hydrogen) atoms. The average Bonchev–Trinajstić information content (AvgIpc) is 3.45. The molecule has 0 radical (unpaired) electrons. The standard InChI is InChI=1S/C34H42FN5O3/c1-22(2)18-28-10-7-17-40(28)34(43)25-15-16-37-31(21-25)33(42)39-30(20-24-8-5-4-6-9-24)29(36)19-23(3)32(41)38-27-13-11-26(35)12-14-27/h4-6,8-9,11-16,21-23,28-30H,7,10,17-20,36H2,1-3H3,(H,38,41)(H,39,42)/t23-,28?,29+,30+/m1/s1. The van der Waals surface area contributed by atoms with Crippen LogP contribution < -0.4 is 16.4 Å². The van der Waals surface area contributed by atoms with Crippen LogP contribution in [-0.4, -0.2) is 52.3 Å². The van der Waals surface area contributed by atoms with E-state index in [0.29, 0.717) is 36.6 Å². The Morgan fingerprint density at radius 1 is 1.05 bits per heavy atom. The third-order valence-electron chi connectivity index (χ3n) is 7.94. The number of carbonyl (C=O) groups excluding carboxylic acids is 3. The van der Waals surface area contributed by atoms with Gasteiger partial charge in [-0.15, -0.1) is 0 Å². The maximum Gasteiger partial charge on any atom is 0.270 e. The molecule has 1 unspecified atom stereocenters. The highest BCUT2D eigenvalue weighted by Crippen LogP contribution is 2.25. The number of amides is 3. The number of aromatic nitrogens is 1. The fourth-order valence-corrected chi connectivity index (χ4v) is 5.64. The van der Waals surface area contributed by atoms with Crippen LogP contribution in [0.2, 0.25) is 0 Å². The van der Waals surface area contributed by atoms with Crippen molar-refractivity contribution >= 4 is 23.4 Å². The van der Waals surface area contributed by atoms with Gasteiger partial charge in [-0.1, -0.05) is 51.1 Å². The van der Waals surface area contributed by atoms with Crippen LogP contribution in [0.3, 0.4) is 0 Å². The number of nitrogens with zero attached hydrogens (tertiary/aromatic N) is 2. The topological polar surface area (TPSA) is 117 Å². The Morgan fingerprint density at radius 3 is 2.47 bits per heavy atom. The highest BCUT2D eigenvalue weighted by Gasteiger charge is 2.31. The molecule has 0 aliphatic carbocycles. The predicted molar refractivity (Wildman–Crippen MR) is 166 cm³/mol. The van der Waals surface area contributed by atoms with Crippen molar-refractivity contribution in [2.24, 2.45) is 17.6 Å². The van der Waals surface area contributed by atoms with Gasteiger partial charge in [0.15, 0.2) is 0 Å². The molecule has 3 aromatic rings. The molecule has 228 valence electrons. The van der Waals surface area contributed by atoms with Crippen LogP contribution in [0.5, 0.6) is 0 Å². The normalized spacial score (nSPS) is 16.9. The maximum absolute atomic E-state index is 13.5. The highest BCUT2D eigenvalue weighted by molar-refractivity contribution is 5.99. The molecule has 4 N–H and O–H groups in total. The molecule has 3 amide bonds. The molecule has 0 bridgehead atoms. The van der Waals surface area contributed by atoms with Gasteiger partial charge in [0, 0.05) is 48.0 Å². The molecule has 4 atom stereocenters. The number of nitrogens with two attached hydrogens (primary N) is 1. The zero-order valence-corrected chi connectivity index (χ0v) is 25.1. The molecule has 2 heterocycles. The van der Waals surface area contributed by atoms with Gasteiger partial charge >= 0.3 is 0 Å². The van der Waals surface area contributed by atoms with E-state index >= 15 is 0 Å². The van der Waals surface area contributed by atoms with Crippen molar-refractivity contribution in [3.05, 3.63) is 95.6 Å². The summed E-state index contributed by atoms with van der Waals surface area (Å²) in [5.74, 6) is -1.15. The van der Waals surface area contributed by atoms with Gasteiger partial charge in [-0.25, -0.2) is 4.39 Å². The van der Waals surface area contributed by atoms with Crippen LogP contribution in [-0.2, 0) is 11.2 Å². The lowest BCUT2D eigenvalue weighted by Crippen LogP contribution is -2.50. The van der Waals surface area contributed by atoms with E-state index in [1.54, 1.807) is 19.1 Å². The summed E-state index contributed by atoms with van der Waals surface area (Å²) >= 11 is 0. The van der Waals surface area contributed by atoms with Crippen molar-refractivity contribution in [1.82, 2.24) is 15.2 Å². The molecule has 1 aliphatic rings. The average molecular weight is 588 g/mol. The molecule has 1 aromatic heterocycles. The van der Waals surface area contributed by atoms with Crippen LogP contribution in [0, 0.1) is 17.7 Å². The van der Waals surface area contributed by atoms with Crippen molar-refractivity contribution in [2.75, 3.05) is 11.9 Å². The first-order chi connectivity index (χ1) is 20.6. The van der Waals surface area contributed by atoms with Gasteiger partial charge in [0.25, 0.3) is 11.8 Å². The van der Waals surface area contributed by atoms with Crippen LogP contribution in [0.1, 0.15) is 72.9 Å². The minimum atomic E-state index is -0.565. The van der Waals surface area contributed by atoms with Gasteiger partial charge in [0.05, 0.1) is 0 Å². The van der Waals surface area contributed by atoms with E-state index in [0.717, 1.165) is 24.8 Å². The first-order valence-electron chi connectivity index (χ1n) is 15.0. The first kappa shape index (κ1) is 31.8. The molecule has 1 saturated heterocycles. The van der Waals surface area contributed by atoms with Gasteiger partial charge in [0.1, 0.15) is 11.5 Å². The summed E-state index contributed by atoms with van der Waals surface area (Å²) in [7, 11) is 0. The number of benzene rings is 2. The quantitative estimate of drug-likeness (QED) is 0.269. The first-order valence-corrected chi connectivity index (χ1v) is 15.0. The molecule has 4 rings (SSSR count). The van der Waals surface area contributed by atoms with Crippen LogP contribution >= 0.6 is 0 Å². The van der Waals surface area contributed by atoms with Gasteiger partial charge in [-0.05, 0) is 80.0 Å². The molecular weight excluding hydrogens is 545 g/mol.